The number of rotatable bonds is 4. The van der Waals surface area contributed by atoms with Gasteiger partial charge in [-0.25, -0.2) is 0 Å². The average Bonchev–Trinajstić information content (AvgIpc) is 2.18. The molecule has 0 saturated heterocycles. The van der Waals surface area contributed by atoms with E-state index in [1.165, 1.54) is 0 Å². The van der Waals surface area contributed by atoms with Gasteiger partial charge in [0.2, 0.25) is 0 Å². The second-order valence-electron chi connectivity index (χ2n) is 6.62. The molecule has 0 atom stereocenters. The average molecular weight is 277 g/mol. The quantitative estimate of drug-likeness (QED) is 0.720. The molecule has 6 heteroatoms. The van der Waals surface area contributed by atoms with Crippen molar-refractivity contribution >= 4 is 10.2 Å². The summed E-state index contributed by atoms with van der Waals surface area (Å²) in [6.45, 7) is 8.02. The maximum atomic E-state index is 12.1. The lowest BCUT2D eigenvalue weighted by Gasteiger charge is -2.39. The molecule has 0 amide bonds. The Morgan fingerprint density at radius 1 is 1.28 bits per heavy atom. The zero-order valence-electron chi connectivity index (χ0n) is 11.9. The molecule has 108 valence electrons. The van der Waals surface area contributed by atoms with Gasteiger partial charge in [0.25, 0.3) is 10.2 Å². The molecule has 1 fully saturated rings. The van der Waals surface area contributed by atoms with E-state index in [0.717, 1.165) is 25.7 Å². The Balaban J connectivity index is 2.74. The van der Waals surface area contributed by atoms with E-state index in [-0.39, 0.29) is 0 Å². The van der Waals surface area contributed by atoms with Crippen molar-refractivity contribution in [1.29, 1.82) is 0 Å². The smallest absolute Gasteiger partial charge is 0.277 e. The molecular formula is C12H27N3O2S. The van der Waals surface area contributed by atoms with Crippen LogP contribution in [0.4, 0.5) is 0 Å². The molecule has 0 aliphatic heterocycles. The Morgan fingerprint density at radius 3 is 2.17 bits per heavy atom. The third kappa shape index (κ3) is 4.84. The van der Waals surface area contributed by atoms with Gasteiger partial charge in [0.05, 0.1) is 0 Å². The Morgan fingerprint density at radius 2 is 1.78 bits per heavy atom. The first-order valence-electron chi connectivity index (χ1n) is 6.60. The maximum absolute atomic E-state index is 12.1. The fourth-order valence-electron chi connectivity index (χ4n) is 2.38. The van der Waals surface area contributed by atoms with Gasteiger partial charge in [-0.3, -0.25) is 0 Å². The number of hydrogen-bond acceptors (Lipinski definition) is 3. The first-order chi connectivity index (χ1) is 8.08. The highest BCUT2D eigenvalue weighted by Gasteiger charge is 2.37. The summed E-state index contributed by atoms with van der Waals surface area (Å²) in [4.78, 5) is 0. The minimum atomic E-state index is -3.51. The standard InChI is InChI=1S/C12H27N3O2S/c1-10-5-7-12(9-13,8-6-10)15-18(16,17)14-11(2,3)4/h10,14-15H,5-9,13H2,1-4H3. The SMILES string of the molecule is CC1CCC(CN)(NS(=O)(=O)NC(C)(C)C)CC1. The zero-order chi connectivity index (χ0) is 14.0. The molecule has 0 heterocycles. The molecule has 18 heavy (non-hydrogen) atoms. The molecule has 0 spiro atoms. The van der Waals surface area contributed by atoms with Gasteiger partial charge < -0.3 is 5.73 Å². The molecule has 0 aromatic heterocycles. The van der Waals surface area contributed by atoms with E-state index in [1.54, 1.807) is 0 Å². The van der Waals surface area contributed by atoms with Crippen LogP contribution in [0, 0.1) is 5.92 Å². The molecular weight excluding hydrogens is 250 g/mol. The van der Waals surface area contributed by atoms with Crippen molar-refractivity contribution < 1.29 is 8.42 Å². The zero-order valence-corrected chi connectivity index (χ0v) is 12.7. The van der Waals surface area contributed by atoms with E-state index in [9.17, 15) is 8.42 Å². The molecule has 0 aromatic rings. The number of nitrogens with one attached hydrogen (secondary N) is 2. The van der Waals surface area contributed by atoms with Crippen molar-refractivity contribution in [2.45, 2.75) is 64.5 Å². The van der Waals surface area contributed by atoms with Crippen molar-refractivity contribution in [2.24, 2.45) is 11.7 Å². The van der Waals surface area contributed by atoms with Crippen LogP contribution in [0.2, 0.25) is 0 Å². The molecule has 4 N–H and O–H groups in total. The predicted octanol–water partition coefficient (Wildman–Crippen LogP) is 1.12. The fraction of sp³-hybridized carbons (Fsp3) is 1.00. The van der Waals surface area contributed by atoms with Crippen LogP contribution < -0.4 is 15.2 Å². The van der Waals surface area contributed by atoms with Crippen LogP contribution in [0.1, 0.15) is 53.4 Å². The molecule has 5 nitrogen and oxygen atoms in total. The molecule has 1 rings (SSSR count). The molecule has 1 aliphatic carbocycles. The van der Waals surface area contributed by atoms with Crippen LogP contribution in [0.5, 0.6) is 0 Å². The second-order valence-corrected chi connectivity index (χ2v) is 8.04. The van der Waals surface area contributed by atoms with Crippen molar-refractivity contribution in [3.63, 3.8) is 0 Å². The Labute approximate surface area is 111 Å². The normalized spacial score (nSPS) is 30.4. The summed E-state index contributed by atoms with van der Waals surface area (Å²) in [5, 5.41) is 0. The van der Waals surface area contributed by atoms with Gasteiger partial charge in [0.1, 0.15) is 0 Å². The van der Waals surface area contributed by atoms with E-state index in [0.29, 0.717) is 12.5 Å². The topological polar surface area (TPSA) is 84.2 Å². The lowest BCUT2D eigenvalue weighted by molar-refractivity contribution is 0.229. The van der Waals surface area contributed by atoms with Gasteiger partial charge in [0, 0.05) is 17.6 Å². The lowest BCUT2D eigenvalue weighted by atomic mass is 9.78. The minimum Gasteiger partial charge on any atom is -0.329 e. The minimum absolute atomic E-state index is 0.352. The molecule has 0 unspecified atom stereocenters. The summed E-state index contributed by atoms with van der Waals surface area (Å²) >= 11 is 0. The van der Waals surface area contributed by atoms with Crippen LogP contribution in [0.25, 0.3) is 0 Å². The summed E-state index contributed by atoms with van der Waals surface area (Å²) < 4.78 is 29.6. The Hall–Kier alpha value is -0.170. The van der Waals surface area contributed by atoms with E-state index < -0.39 is 21.3 Å². The van der Waals surface area contributed by atoms with Crippen LogP contribution in [0.3, 0.4) is 0 Å². The van der Waals surface area contributed by atoms with E-state index >= 15 is 0 Å². The Bertz CT molecular complexity index is 365. The van der Waals surface area contributed by atoms with E-state index in [2.05, 4.69) is 16.4 Å². The first-order valence-corrected chi connectivity index (χ1v) is 8.09. The van der Waals surface area contributed by atoms with E-state index in [1.807, 2.05) is 20.8 Å². The van der Waals surface area contributed by atoms with Gasteiger partial charge in [0.15, 0.2) is 0 Å². The highest BCUT2D eigenvalue weighted by molar-refractivity contribution is 7.87. The molecule has 1 saturated carbocycles. The summed E-state index contributed by atoms with van der Waals surface area (Å²) in [6, 6.07) is 0. The molecule has 1 aliphatic rings. The molecule has 0 aromatic carbocycles. The van der Waals surface area contributed by atoms with E-state index in [4.69, 9.17) is 5.73 Å². The first kappa shape index (κ1) is 15.9. The van der Waals surface area contributed by atoms with Gasteiger partial charge in [-0.15, -0.1) is 0 Å². The lowest BCUT2D eigenvalue weighted by Crippen LogP contribution is -2.60. The third-order valence-corrected chi connectivity index (χ3v) is 5.00. The molecule has 0 bridgehead atoms. The summed E-state index contributed by atoms with van der Waals surface area (Å²) in [5.74, 6) is 0.657. The van der Waals surface area contributed by atoms with Crippen molar-refractivity contribution in [3.05, 3.63) is 0 Å². The Kier molecular flexibility index (Phi) is 4.81. The number of hydrogen-bond donors (Lipinski definition) is 3. The fourth-order valence-corrected chi connectivity index (χ4v) is 4.09. The van der Waals surface area contributed by atoms with Gasteiger partial charge >= 0.3 is 0 Å². The highest BCUT2D eigenvalue weighted by atomic mass is 32.2. The monoisotopic (exact) mass is 277 g/mol. The second kappa shape index (κ2) is 5.45. The van der Waals surface area contributed by atoms with Gasteiger partial charge in [-0.05, 0) is 52.4 Å². The maximum Gasteiger partial charge on any atom is 0.277 e. The summed E-state index contributed by atoms with van der Waals surface area (Å²) in [7, 11) is -3.51. The summed E-state index contributed by atoms with van der Waals surface area (Å²) in [5.41, 5.74) is 4.85. The largest absolute Gasteiger partial charge is 0.329 e. The van der Waals surface area contributed by atoms with Crippen molar-refractivity contribution in [3.8, 4) is 0 Å². The van der Waals surface area contributed by atoms with Crippen LogP contribution in [0.15, 0.2) is 0 Å². The number of nitrogens with two attached hydrogens (primary N) is 1. The van der Waals surface area contributed by atoms with Gasteiger partial charge in [-0.2, -0.15) is 17.9 Å². The third-order valence-electron chi connectivity index (χ3n) is 3.41. The van der Waals surface area contributed by atoms with Crippen LogP contribution >= 0.6 is 0 Å². The summed E-state index contributed by atoms with van der Waals surface area (Å²) in [6.07, 6.45) is 3.68. The van der Waals surface area contributed by atoms with Crippen molar-refractivity contribution in [2.75, 3.05) is 6.54 Å². The highest BCUT2D eigenvalue weighted by Crippen LogP contribution is 2.31. The van der Waals surface area contributed by atoms with Crippen LogP contribution in [-0.4, -0.2) is 26.0 Å². The molecule has 0 radical (unpaired) electrons. The van der Waals surface area contributed by atoms with Crippen LogP contribution in [-0.2, 0) is 10.2 Å². The van der Waals surface area contributed by atoms with Gasteiger partial charge in [-0.1, -0.05) is 6.92 Å². The van der Waals surface area contributed by atoms with Crippen molar-refractivity contribution in [1.82, 2.24) is 9.44 Å². The predicted molar refractivity (Wildman–Crippen MR) is 74.4 cm³/mol.